The van der Waals surface area contributed by atoms with Gasteiger partial charge in [-0.15, -0.1) is 0 Å². The molecule has 0 spiro atoms. The van der Waals surface area contributed by atoms with Crippen molar-refractivity contribution in [2.75, 3.05) is 23.8 Å². The number of carbonyl (C=O) groups is 1. The topological polar surface area (TPSA) is 32.3 Å². The van der Waals surface area contributed by atoms with Gasteiger partial charge in [-0.05, 0) is 30.3 Å². The number of amides is 1. The summed E-state index contributed by atoms with van der Waals surface area (Å²) in [7, 11) is 1.78. The fraction of sp³-hybridized carbons (Fsp3) is 0.133. The van der Waals surface area contributed by atoms with Crippen LogP contribution in [0, 0.1) is 0 Å². The van der Waals surface area contributed by atoms with Gasteiger partial charge < -0.3 is 10.2 Å². The fourth-order valence-corrected chi connectivity index (χ4v) is 2.09. The number of halogens is 1. The normalized spacial score (nSPS) is 10.0. The third kappa shape index (κ3) is 3.83. The second kappa shape index (κ2) is 6.38. The van der Waals surface area contributed by atoms with Crippen LogP contribution in [-0.4, -0.2) is 19.5 Å². The molecule has 0 aromatic heterocycles. The molecule has 4 heteroatoms. The maximum absolute atomic E-state index is 12.1. The summed E-state index contributed by atoms with van der Waals surface area (Å²) in [5.74, 6) is 0.0196. The second-order valence-electron chi connectivity index (χ2n) is 4.15. The highest BCUT2D eigenvalue weighted by molar-refractivity contribution is 9.10. The molecule has 2 aromatic carbocycles. The average Bonchev–Trinajstić information content (AvgIpc) is 2.45. The molecule has 1 amide bonds. The van der Waals surface area contributed by atoms with Gasteiger partial charge in [0.05, 0.1) is 6.54 Å². The summed E-state index contributed by atoms with van der Waals surface area (Å²) >= 11 is 3.40. The number of nitrogens with zero attached hydrogens (tertiary/aromatic N) is 1. The first kappa shape index (κ1) is 13.6. The lowest BCUT2D eigenvalue weighted by atomic mass is 10.3. The molecule has 0 bridgehead atoms. The lowest BCUT2D eigenvalue weighted by Crippen LogP contribution is -2.32. The summed E-state index contributed by atoms with van der Waals surface area (Å²) in [6, 6.07) is 17.3. The van der Waals surface area contributed by atoms with Crippen molar-refractivity contribution in [3.05, 3.63) is 59.1 Å². The van der Waals surface area contributed by atoms with Gasteiger partial charge in [0, 0.05) is 22.9 Å². The Labute approximate surface area is 121 Å². The molecular formula is C15H15BrN2O. The number of hydrogen-bond donors (Lipinski definition) is 1. The Morgan fingerprint density at radius 3 is 2.58 bits per heavy atom. The van der Waals surface area contributed by atoms with Gasteiger partial charge in [0.25, 0.3) is 0 Å². The highest BCUT2D eigenvalue weighted by atomic mass is 79.9. The first-order chi connectivity index (χ1) is 9.16. The first-order valence-electron chi connectivity index (χ1n) is 5.98. The molecule has 98 valence electrons. The zero-order valence-electron chi connectivity index (χ0n) is 10.6. The Bertz CT molecular complexity index is 557. The van der Waals surface area contributed by atoms with Crippen molar-refractivity contribution >= 4 is 33.2 Å². The molecule has 0 heterocycles. The standard InChI is InChI=1S/C15H15BrN2O/c1-18(14-8-3-2-4-9-14)15(19)11-17-13-7-5-6-12(16)10-13/h2-10,17H,11H2,1H3. The number of likely N-dealkylation sites (N-methyl/N-ethyl adjacent to an activating group) is 1. The van der Waals surface area contributed by atoms with Crippen molar-refractivity contribution in [1.82, 2.24) is 0 Å². The highest BCUT2D eigenvalue weighted by Gasteiger charge is 2.09. The molecule has 0 saturated heterocycles. The van der Waals surface area contributed by atoms with Crippen LogP contribution in [0.15, 0.2) is 59.1 Å². The van der Waals surface area contributed by atoms with Gasteiger partial charge in [-0.3, -0.25) is 4.79 Å². The smallest absolute Gasteiger partial charge is 0.246 e. The van der Waals surface area contributed by atoms with E-state index in [1.54, 1.807) is 11.9 Å². The molecule has 0 aliphatic rings. The maximum Gasteiger partial charge on any atom is 0.246 e. The monoisotopic (exact) mass is 318 g/mol. The average molecular weight is 319 g/mol. The number of hydrogen-bond acceptors (Lipinski definition) is 2. The van der Waals surface area contributed by atoms with Crippen LogP contribution in [0.25, 0.3) is 0 Å². The van der Waals surface area contributed by atoms with Crippen molar-refractivity contribution in [2.45, 2.75) is 0 Å². The molecule has 2 rings (SSSR count). The zero-order valence-corrected chi connectivity index (χ0v) is 12.2. The minimum absolute atomic E-state index is 0.0196. The predicted molar refractivity (Wildman–Crippen MR) is 82.5 cm³/mol. The quantitative estimate of drug-likeness (QED) is 0.935. The number of carbonyl (C=O) groups excluding carboxylic acids is 1. The summed E-state index contributed by atoms with van der Waals surface area (Å²) in [6.07, 6.45) is 0. The molecule has 2 aromatic rings. The molecular weight excluding hydrogens is 304 g/mol. The second-order valence-corrected chi connectivity index (χ2v) is 5.07. The highest BCUT2D eigenvalue weighted by Crippen LogP contribution is 2.16. The van der Waals surface area contributed by atoms with Crippen molar-refractivity contribution in [3.63, 3.8) is 0 Å². The number of anilines is 2. The molecule has 0 radical (unpaired) electrons. The van der Waals surface area contributed by atoms with Crippen LogP contribution in [0.1, 0.15) is 0 Å². The van der Waals surface area contributed by atoms with Crippen molar-refractivity contribution < 1.29 is 4.79 Å². The molecule has 0 fully saturated rings. The van der Waals surface area contributed by atoms with Gasteiger partial charge in [-0.25, -0.2) is 0 Å². The first-order valence-corrected chi connectivity index (χ1v) is 6.77. The summed E-state index contributed by atoms with van der Waals surface area (Å²) in [5, 5.41) is 3.11. The van der Waals surface area contributed by atoms with Gasteiger partial charge in [0.2, 0.25) is 5.91 Å². The molecule has 0 saturated carbocycles. The Morgan fingerprint density at radius 1 is 1.16 bits per heavy atom. The molecule has 3 nitrogen and oxygen atoms in total. The van der Waals surface area contributed by atoms with Crippen LogP contribution in [0.5, 0.6) is 0 Å². The molecule has 0 aliphatic carbocycles. The van der Waals surface area contributed by atoms with Crippen LogP contribution in [-0.2, 0) is 4.79 Å². The Kier molecular flexibility index (Phi) is 4.58. The van der Waals surface area contributed by atoms with Crippen LogP contribution < -0.4 is 10.2 Å². The van der Waals surface area contributed by atoms with Crippen molar-refractivity contribution in [2.24, 2.45) is 0 Å². The summed E-state index contributed by atoms with van der Waals surface area (Å²) in [6.45, 7) is 0.266. The zero-order chi connectivity index (χ0) is 13.7. The van der Waals surface area contributed by atoms with E-state index >= 15 is 0 Å². The molecule has 0 aliphatic heterocycles. The number of benzene rings is 2. The van der Waals surface area contributed by atoms with E-state index in [9.17, 15) is 4.79 Å². The van der Waals surface area contributed by atoms with E-state index < -0.39 is 0 Å². The minimum atomic E-state index is 0.0196. The Hall–Kier alpha value is -1.81. The largest absolute Gasteiger partial charge is 0.376 e. The predicted octanol–water partition coefficient (Wildman–Crippen LogP) is 3.52. The Morgan fingerprint density at radius 2 is 1.89 bits per heavy atom. The van der Waals surface area contributed by atoms with E-state index in [0.29, 0.717) is 0 Å². The number of para-hydroxylation sites is 1. The third-order valence-electron chi connectivity index (χ3n) is 2.79. The van der Waals surface area contributed by atoms with Gasteiger partial charge in [0.1, 0.15) is 0 Å². The van der Waals surface area contributed by atoms with Crippen LogP contribution in [0.4, 0.5) is 11.4 Å². The van der Waals surface area contributed by atoms with E-state index in [0.717, 1.165) is 15.8 Å². The van der Waals surface area contributed by atoms with Crippen LogP contribution >= 0.6 is 15.9 Å². The van der Waals surface area contributed by atoms with Crippen LogP contribution in [0.2, 0.25) is 0 Å². The fourth-order valence-electron chi connectivity index (χ4n) is 1.69. The van der Waals surface area contributed by atoms with Gasteiger partial charge in [-0.2, -0.15) is 0 Å². The molecule has 0 atom stereocenters. The van der Waals surface area contributed by atoms with Gasteiger partial charge >= 0.3 is 0 Å². The molecule has 19 heavy (non-hydrogen) atoms. The molecule has 0 unspecified atom stereocenters. The third-order valence-corrected chi connectivity index (χ3v) is 3.28. The van der Waals surface area contributed by atoms with Gasteiger partial charge in [0.15, 0.2) is 0 Å². The van der Waals surface area contributed by atoms with E-state index in [1.807, 2.05) is 54.6 Å². The lowest BCUT2D eigenvalue weighted by Gasteiger charge is -2.17. The summed E-state index contributed by atoms with van der Waals surface area (Å²) < 4.78 is 0.987. The number of rotatable bonds is 4. The van der Waals surface area contributed by atoms with E-state index in [2.05, 4.69) is 21.2 Å². The van der Waals surface area contributed by atoms with Crippen LogP contribution in [0.3, 0.4) is 0 Å². The van der Waals surface area contributed by atoms with E-state index in [1.165, 1.54) is 0 Å². The summed E-state index contributed by atoms with van der Waals surface area (Å²) in [5.41, 5.74) is 1.81. The SMILES string of the molecule is CN(C(=O)CNc1cccc(Br)c1)c1ccccc1. The summed E-state index contributed by atoms with van der Waals surface area (Å²) in [4.78, 5) is 13.7. The van der Waals surface area contributed by atoms with E-state index in [4.69, 9.17) is 0 Å². The van der Waals surface area contributed by atoms with Crippen molar-refractivity contribution in [1.29, 1.82) is 0 Å². The van der Waals surface area contributed by atoms with Gasteiger partial charge in [-0.1, -0.05) is 40.2 Å². The molecule has 1 N–H and O–H groups in total. The lowest BCUT2D eigenvalue weighted by molar-refractivity contribution is -0.116. The number of nitrogens with one attached hydrogen (secondary N) is 1. The van der Waals surface area contributed by atoms with Crippen molar-refractivity contribution in [3.8, 4) is 0 Å². The maximum atomic E-state index is 12.1. The Balaban J connectivity index is 1.95. The van der Waals surface area contributed by atoms with E-state index in [-0.39, 0.29) is 12.5 Å². The minimum Gasteiger partial charge on any atom is -0.376 e.